The second kappa shape index (κ2) is 6.86. The number of fused-ring (bicyclic) bond motifs is 1. The van der Waals surface area contributed by atoms with Crippen LogP contribution in [0.1, 0.15) is 25.8 Å². The molecule has 3 heteroatoms. The Labute approximate surface area is 138 Å². The van der Waals surface area contributed by atoms with Crippen LogP contribution in [0.2, 0.25) is 0 Å². The summed E-state index contributed by atoms with van der Waals surface area (Å²) in [5.41, 5.74) is 3.55. The van der Waals surface area contributed by atoms with Crippen LogP contribution in [0.25, 0.3) is 0 Å². The molecular formula is C20H24N2O. The molecule has 0 bridgehead atoms. The van der Waals surface area contributed by atoms with Gasteiger partial charge in [-0.3, -0.25) is 4.79 Å². The summed E-state index contributed by atoms with van der Waals surface area (Å²) < 4.78 is 0. The van der Waals surface area contributed by atoms with Crippen LogP contribution < -0.4 is 9.80 Å². The van der Waals surface area contributed by atoms with E-state index in [9.17, 15) is 4.79 Å². The second-order valence-corrected chi connectivity index (χ2v) is 6.11. The lowest BCUT2D eigenvalue weighted by Gasteiger charge is -2.26. The molecule has 3 rings (SSSR count). The van der Waals surface area contributed by atoms with Crippen LogP contribution in [0.5, 0.6) is 0 Å². The Balaban J connectivity index is 1.68. The molecule has 1 atom stereocenters. The standard InChI is InChI=1S/C20H24N2O/c1-3-21(18-10-5-4-6-11-18)14-13-20(23)22-16(2)15-17-9-7-8-12-19(17)22/h4-12,16H,3,13-15H2,1-2H3. The summed E-state index contributed by atoms with van der Waals surface area (Å²) in [6.07, 6.45) is 1.50. The number of hydrogen-bond acceptors (Lipinski definition) is 2. The van der Waals surface area contributed by atoms with Crippen molar-refractivity contribution < 1.29 is 4.79 Å². The van der Waals surface area contributed by atoms with E-state index < -0.39 is 0 Å². The average Bonchev–Trinajstić information content (AvgIpc) is 2.92. The number of nitrogens with zero attached hydrogens (tertiary/aromatic N) is 2. The third-order valence-corrected chi connectivity index (χ3v) is 4.57. The lowest BCUT2D eigenvalue weighted by atomic mass is 10.1. The van der Waals surface area contributed by atoms with Gasteiger partial charge in [-0.15, -0.1) is 0 Å². The molecule has 1 aliphatic heterocycles. The van der Waals surface area contributed by atoms with Crippen molar-refractivity contribution in [1.29, 1.82) is 0 Å². The first-order chi connectivity index (χ1) is 11.2. The van der Waals surface area contributed by atoms with Gasteiger partial charge in [-0.1, -0.05) is 36.4 Å². The van der Waals surface area contributed by atoms with Crippen molar-refractivity contribution >= 4 is 17.3 Å². The Morgan fingerprint density at radius 1 is 1.13 bits per heavy atom. The first kappa shape index (κ1) is 15.6. The molecule has 1 heterocycles. The maximum absolute atomic E-state index is 12.8. The fourth-order valence-corrected chi connectivity index (χ4v) is 3.41. The molecule has 0 saturated heterocycles. The molecular weight excluding hydrogens is 284 g/mol. The molecule has 2 aromatic rings. The lowest BCUT2D eigenvalue weighted by Crippen LogP contribution is -2.38. The SMILES string of the molecule is CCN(CCC(=O)N1c2ccccc2CC1C)c1ccccc1. The van der Waals surface area contributed by atoms with Crippen molar-refractivity contribution in [2.24, 2.45) is 0 Å². The third kappa shape index (κ3) is 3.24. The Morgan fingerprint density at radius 2 is 1.83 bits per heavy atom. The molecule has 23 heavy (non-hydrogen) atoms. The highest BCUT2D eigenvalue weighted by atomic mass is 16.2. The fourth-order valence-electron chi connectivity index (χ4n) is 3.41. The predicted octanol–water partition coefficient (Wildman–Crippen LogP) is 3.88. The average molecular weight is 308 g/mol. The number of para-hydroxylation sites is 2. The number of carbonyl (C=O) groups excluding carboxylic acids is 1. The van der Waals surface area contributed by atoms with E-state index in [1.807, 2.05) is 35.2 Å². The van der Waals surface area contributed by atoms with Crippen molar-refractivity contribution in [2.45, 2.75) is 32.7 Å². The topological polar surface area (TPSA) is 23.6 Å². The van der Waals surface area contributed by atoms with Gasteiger partial charge in [0, 0.05) is 36.9 Å². The molecule has 1 unspecified atom stereocenters. The smallest absolute Gasteiger partial charge is 0.229 e. The summed E-state index contributed by atoms with van der Waals surface area (Å²) in [6.45, 7) is 5.92. The maximum Gasteiger partial charge on any atom is 0.229 e. The van der Waals surface area contributed by atoms with Crippen molar-refractivity contribution in [3.63, 3.8) is 0 Å². The highest BCUT2D eigenvalue weighted by molar-refractivity contribution is 5.96. The van der Waals surface area contributed by atoms with Crippen LogP contribution in [0, 0.1) is 0 Å². The molecule has 0 spiro atoms. The van der Waals surface area contributed by atoms with Gasteiger partial charge in [0.05, 0.1) is 0 Å². The van der Waals surface area contributed by atoms with E-state index in [0.29, 0.717) is 6.42 Å². The minimum Gasteiger partial charge on any atom is -0.371 e. The zero-order valence-electron chi connectivity index (χ0n) is 13.9. The van der Waals surface area contributed by atoms with Gasteiger partial charge < -0.3 is 9.80 Å². The lowest BCUT2D eigenvalue weighted by molar-refractivity contribution is -0.118. The van der Waals surface area contributed by atoms with Crippen LogP contribution in [0.3, 0.4) is 0 Å². The summed E-state index contributed by atoms with van der Waals surface area (Å²) in [5, 5.41) is 0. The molecule has 120 valence electrons. The van der Waals surface area contributed by atoms with Gasteiger partial charge in [0.2, 0.25) is 5.91 Å². The van der Waals surface area contributed by atoms with Gasteiger partial charge in [0.15, 0.2) is 0 Å². The Hall–Kier alpha value is -2.29. The molecule has 0 saturated carbocycles. The number of hydrogen-bond donors (Lipinski definition) is 0. The molecule has 0 fully saturated rings. The zero-order chi connectivity index (χ0) is 16.2. The Kier molecular flexibility index (Phi) is 4.65. The highest BCUT2D eigenvalue weighted by Crippen LogP contribution is 2.32. The minimum absolute atomic E-state index is 0.219. The van der Waals surface area contributed by atoms with Crippen molar-refractivity contribution in [1.82, 2.24) is 0 Å². The van der Waals surface area contributed by atoms with Gasteiger partial charge in [-0.2, -0.15) is 0 Å². The van der Waals surface area contributed by atoms with Crippen molar-refractivity contribution in [2.75, 3.05) is 22.9 Å². The summed E-state index contributed by atoms with van der Waals surface area (Å²) in [5.74, 6) is 0.219. The van der Waals surface area contributed by atoms with Crippen LogP contribution in [0.4, 0.5) is 11.4 Å². The summed E-state index contributed by atoms with van der Waals surface area (Å²) in [6, 6.07) is 18.8. The molecule has 2 aromatic carbocycles. The second-order valence-electron chi connectivity index (χ2n) is 6.11. The predicted molar refractivity (Wildman–Crippen MR) is 96.0 cm³/mol. The third-order valence-electron chi connectivity index (χ3n) is 4.57. The van der Waals surface area contributed by atoms with Crippen LogP contribution in [0.15, 0.2) is 54.6 Å². The van der Waals surface area contributed by atoms with Gasteiger partial charge in [-0.05, 0) is 44.0 Å². The number of amides is 1. The number of anilines is 2. The van der Waals surface area contributed by atoms with Gasteiger partial charge in [-0.25, -0.2) is 0 Å². The first-order valence-corrected chi connectivity index (χ1v) is 8.40. The normalized spacial score (nSPS) is 16.3. The van der Waals surface area contributed by atoms with E-state index >= 15 is 0 Å². The maximum atomic E-state index is 12.8. The van der Waals surface area contributed by atoms with E-state index in [1.165, 1.54) is 11.3 Å². The van der Waals surface area contributed by atoms with Gasteiger partial charge in [0.1, 0.15) is 0 Å². The van der Waals surface area contributed by atoms with E-state index in [2.05, 4.69) is 43.0 Å². The quantitative estimate of drug-likeness (QED) is 0.837. The van der Waals surface area contributed by atoms with Crippen LogP contribution in [-0.2, 0) is 11.2 Å². The van der Waals surface area contributed by atoms with E-state index in [-0.39, 0.29) is 11.9 Å². The highest BCUT2D eigenvalue weighted by Gasteiger charge is 2.30. The number of rotatable bonds is 5. The van der Waals surface area contributed by atoms with E-state index in [1.54, 1.807) is 0 Å². The van der Waals surface area contributed by atoms with Crippen LogP contribution in [-0.4, -0.2) is 25.0 Å². The molecule has 0 aliphatic carbocycles. The molecule has 0 aromatic heterocycles. The molecule has 3 nitrogen and oxygen atoms in total. The number of carbonyl (C=O) groups is 1. The van der Waals surface area contributed by atoms with Gasteiger partial charge in [0.25, 0.3) is 0 Å². The molecule has 1 aliphatic rings. The zero-order valence-corrected chi connectivity index (χ0v) is 13.9. The first-order valence-electron chi connectivity index (χ1n) is 8.40. The van der Waals surface area contributed by atoms with Crippen molar-refractivity contribution in [3.8, 4) is 0 Å². The van der Waals surface area contributed by atoms with Crippen molar-refractivity contribution in [3.05, 3.63) is 60.2 Å². The molecule has 0 N–H and O–H groups in total. The summed E-state index contributed by atoms with van der Waals surface area (Å²) in [4.78, 5) is 17.0. The van der Waals surface area contributed by atoms with Crippen LogP contribution >= 0.6 is 0 Å². The number of benzene rings is 2. The molecule has 1 amide bonds. The summed E-state index contributed by atoms with van der Waals surface area (Å²) >= 11 is 0. The van der Waals surface area contributed by atoms with E-state index in [4.69, 9.17) is 0 Å². The van der Waals surface area contributed by atoms with Gasteiger partial charge >= 0.3 is 0 Å². The fraction of sp³-hybridized carbons (Fsp3) is 0.350. The molecule has 0 radical (unpaired) electrons. The Bertz CT molecular complexity index is 668. The van der Waals surface area contributed by atoms with E-state index in [0.717, 1.165) is 25.2 Å². The monoisotopic (exact) mass is 308 g/mol. The largest absolute Gasteiger partial charge is 0.371 e. The Morgan fingerprint density at radius 3 is 2.57 bits per heavy atom. The summed E-state index contributed by atoms with van der Waals surface area (Å²) in [7, 11) is 0. The minimum atomic E-state index is 0.219.